The van der Waals surface area contributed by atoms with Crippen molar-refractivity contribution in [3.63, 3.8) is 0 Å². The summed E-state index contributed by atoms with van der Waals surface area (Å²) in [5.74, 6) is -1.64. The normalized spacial score (nSPS) is 17.0. The molecule has 8 nitrogen and oxygen atoms in total. The van der Waals surface area contributed by atoms with Crippen molar-refractivity contribution in [2.24, 2.45) is 11.8 Å². The minimum atomic E-state index is -4.37. The van der Waals surface area contributed by atoms with E-state index in [0.29, 0.717) is 41.5 Å². The third-order valence-corrected chi connectivity index (χ3v) is 9.04. The first-order valence-corrected chi connectivity index (χ1v) is 12.9. The average molecular weight is 493 g/mol. The summed E-state index contributed by atoms with van der Waals surface area (Å²) in [4.78, 5) is 30.5. The van der Waals surface area contributed by atoms with Crippen LogP contribution in [0.1, 0.15) is 47.3 Å². The first-order chi connectivity index (χ1) is 15.2. The topological polar surface area (TPSA) is 120 Å². The smallest absolute Gasteiger partial charge is 0.281 e. The molecule has 2 aliphatic rings. The molecule has 11 heteroatoms. The van der Waals surface area contributed by atoms with Crippen molar-refractivity contribution < 1.29 is 18.0 Å². The monoisotopic (exact) mass is 492 g/mol. The molecule has 0 atom stereocenters. The Hall–Kier alpha value is -2.32. The zero-order valence-electron chi connectivity index (χ0n) is 17.3. The summed E-state index contributed by atoms with van der Waals surface area (Å²) in [5, 5.41) is 12.9. The third-order valence-electron chi connectivity index (χ3n) is 5.65. The third kappa shape index (κ3) is 4.30. The first kappa shape index (κ1) is 22.9. The van der Waals surface area contributed by atoms with E-state index in [1.807, 2.05) is 6.07 Å². The van der Waals surface area contributed by atoms with Crippen LogP contribution in [0.5, 0.6) is 0 Å². The van der Waals surface area contributed by atoms with Crippen molar-refractivity contribution in [1.82, 2.24) is 10.3 Å². The molecular weight excluding hydrogens is 472 g/mol. The van der Waals surface area contributed by atoms with Crippen LogP contribution in [0.15, 0.2) is 22.4 Å². The molecule has 2 aromatic rings. The number of aromatic nitrogens is 1. The number of nitrogens with one attached hydrogen (secondary N) is 1. The van der Waals surface area contributed by atoms with Crippen LogP contribution in [-0.2, 0) is 14.8 Å². The number of piperidine rings is 1. The average Bonchev–Trinajstić information content (AvgIpc) is 3.54. The minimum absolute atomic E-state index is 0.0858. The number of anilines is 1. The zero-order chi connectivity index (χ0) is 23.0. The van der Waals surface area contributed by atoms with E-state index in [4.69, 9.17) is 11.6 Å². The number of sulfonamides is 1. The second kappa shape index (κ2) is 8.90. The maximum absolute atomic E-state index is 13.6. The molecule has 3 heterocycles. The highest BCUT2D eigenvalue weighted by Gasteiger charge is 2.40. The molecule has 1 N–H and O–H groups in total. The van der Waals surface area contributed by atoms with Gasteiger partial charge in [0.15, 0.2) is 11.6 Å². The molecule has 1 aliphatic heterocycles. The maximum atomic E-state index is 13.6. The number of pyridine rings is 1. The number of ketones is 1. The van der Waals surface area contributed by atoms with Gasteiger partial charge < -0.3 is 5.32 Å². The van der Waals surface area contributed by atoms with Gasteiger partial charge in [-0.3, -0.25) is 9.59 Å². The number of carbonyl (C=O) groups is 2. The lowest BCUT2D eigenvalue weighted by Gasteiger charge is -2.29. The van der Waals surface area contributed by atoms with Crippen LogP contribution in [0.2, 0.25) is 4.34 Å². The maximum Gasteiger partial charge on any atom is 0.281 e. The van der Waals surface area contributed by atoms with Gasteiger partial charge in [0.2, 0.25) is 5.91 Å². The Bertz CT molecular complexity index is 1220. The van der Waals surface area contributed by atoms with E-state index in [0.717, 1.165) is 24.2 Å². The molecule has 1 saturated heterocycles. The molecule has 0 unspecified atom stereocenters. The first-order valence-electron chi connectivity index (χ1n) is 10.2. The Morgan fingerprint density at radius 1 is 1.22 bits per heavy atom. The SMILES string of the molecule is Cc1nc(N(C(=O)C2CCNCC2)S(=O)(=O)c2ccc(Cl)s2)c(C#N)cc1C(=O)C1CC1. The Morgan fingerprint density at radius 2 is 1.91 bits per heavy atom. The Balaban J connectivity index is 1.86. The highest BCUT2D eigenvalue weighted by Crippen LogP contribution is 2.37. The van der Waals surface area contributed by atoms with Crippen molar-refractivity contribution in [1.29, 1.82) is 5.26 Å². The summed E-state index contributed by atoms with van der Waals surface area (Å²) in [5.41, 5.74) is 0.449. The molecule has 2 aromatic heterocycles. The summed E-state index contributed by atoms with van der Waals surface area (Å²) >= 11 is 6.78. The van der Waals surface area contributed by atoms with Crippen LogP contribution in [0, 0.1) is 30.1 Å². The van der Waals surface area contributed by atoms with Gasteiger partial charge in [0.05, 0.1) is 15.6 Å². The summed E-state index contributed by atoms with van der Waals surface area (Å²) in [6.45, 7) is 2.76. The molecule has 2 fully saturated rings. The lowest BCUT2D eigenvalue weighted by molar-refractivity contribution is -0.121. The van der Waals surface area contributed by atoms with Gasteiger partial charge in [-0.25, -0.2) is 4.98 Å². The summed E-state index contributed by atoms with van der Waals surface area (Å²) < 4.78 is 27.9. The van der Waals surface area contributed by atoms with Crippen molar-refractivity contribution >= 4 is 50.5 Å². The molecule has 0 radical (unpaired) electrons. The number of hydrogen-bond acceptors (Lipinski definition) is 8. The number of nitriles is 1. The standard InChI is InChI=1S/C21H21ClN4O4S2/c1-12-16(19(27)13-2-3-13)10-15(11-23)20(25-12)26(21(28)14-6-8-24-9-7-14)32(29,30)18-5-4-17(22)31-18/h4-5,10,13-14,24H,2-3,6-9H2,1H3. The number of rotatable bonds is 6. The molecule has 1 amide bonds. The zero-order valence-corrected chi connectivity index (χ0v) is 19.7. The van der Waals surface area contributed by atoms with Gasteiger partial charge in [-0.15, -0.1) is 11.3 Å². The van der Waals surface area contributed by atoms with Crippen molar-refractivity contribution in [2.45, 2.75) is 36.8 Å². The number of aryl methyl sites for hydroxylation is 1. The van der Waals surface area contributed by atoms with Crippen LogP contribution < -0.4 is 9.62 Å². The van der Waals surface area contributed by atoms with E-state index in [-0.39, 0.29) is 31.6 Å². The molecule has 4 rings (SSSR count). The second-order valence-electron chi connectivity index (χ2n) is 7.93. The highest BCUT2D eigenvalue weighted by molar-refractivity contribution is 7.95. The Morgan fingerprint density at radius 3 is 2.47 bits per heavy atom. The summed E-state index contributed by atoms with van der Waals surface area (Å²) in [6, 6.07) is 6.06. The van der Waals surface area contributed by atoms with Gasteiger partial charge in [0.1, 0.15) is 10.3 Å². The van der Waals surface area contributed by atoms with Crippen LogP contribution in [0.3, 0.4) is 0 Å². The molecule has 1 saturated carbocycles. The van der Waals surface area contributed by atoms with Gasteiger partial charge in [-0.2, -0.15) is 18.0 Å². The Kier molecular flexibility index (Phi) is 6.36. The molecule has 168 valence electrons. The van der Waals surface area contributed by atoms with Crippen LogP contribution in [0.4, 0.5) is 5.82 Å². The predicted molar refractivity (Wildman–Crippen MR) is 120 cm³/mol. The van der Waals surface area contributed by atoms with E-state index < -0.39 is 21.8 Å². The molecule has 0 aromatic carbocycles. The molecule has 0 spiro atoms. The van der Waals surface area contributed by atoms with E-state index in [1.54, 1.807) is 6.92 Å². The Labute approximate surface area is 195 Å². The number of carbonyl (C=O) groups excluding carboxylic acids is 2. The molecular formula is C21H21ClN4O4S2. The van der Waals surface area contributed by atoms with Gasteiger partial charge in [0.25, 0.3) is 10.0 Å². The lowest BCUT2D eigenvalue weighted by atomic mass is 9.97. The van der Waals surface area contributed by atoms with Crippen molar-refractivity contribution in [3.8, 4) is 6.07 Å². The van der Waals surface area contributed by atoms with Gasteiger partial charge in [0, 0.05) is 17.4 Å². The number of thiophene rings is 1. The fourth-order valence-electron chi connectivity index (χ4n) is 3.74. The number of amides is 1. The number of nitrogens with zero attached hydrogens (tertiary/aromatic N) is 3. The van der Waals surface area contributed by atoms with E-state index in [1.165, 1.54) is 18.2 Å². The van der Waals surface area contributed by atoms with Crippen LogP contribution >= 0.6 is 22.9 Å². The van der Waals surface area contributed by atoms with Crippen molar-refractivity contribution in [3.05, 3.63) is 39.4 Å². The second-order valence-corrected chi connectivity index (χ2v) is 11.7. The summed E-state index contributed by atoms with van der Waals surface area (Å²) in [6.07, 6.45) is 2.51. The fraction of sp³-hybridized carbons (Fsp3) is 0.429. The number of hydrogen-bond donors (Lipinski definition) is 1. The van der Waals surface area contributed by atoms with Crippen LogP contribution in [-0.4, -0.2) is 38.2 Å². The predicted octanol–water partition coefficient (Wildman–Crippen LogP) is 3.29. The number of Topliss-reactive ketones (excluding diaryl/α,β-unsaturated/α-hetero) is 1. The molecule has 32 heavy (non-hydrogen) atoms. The minimum Gasteiger partial charge on any atom is -0.317 e. The van der Waals surface area contributed by atoms with Gasteiger partial charge in [-0.1, -0.05) is 11.6 Å². The quantitative estimate of drug-likeness (QED) is 0.614. The van der Waals surface area contributed by atoms with E-state index in [9.17, 15) is 23.3 Å². The number of halogens is 1. The van der Waals surface area contributed by atoms with E-state index >= 15 is 0 Å². The van der Waals surface area contributed by atoms with Crippen molar-refractivity contribution in [2.75, 3.05) is 17.4 Å². The molecule has 0 bridgehead atoms. The lowest BCUT2D eigenvalue weighted by Crippen LogP contribution is -2.45. The fourth-order valence-corrected chi connectivity index (χ4v) is 6.74. The van der Waals surface area contributed by atoms with Gasteiger partial charge >= 0.3 is 0 Å². The highest BCUT2D eigenvalue weighted by atomic mass is 35.5. The van der Waals surface area contributed by atoms with E-state index in [2.05, 4.69) is 10.3 Å². The molecule has 1 aliphatic carbocycles. The van der Waals surface area contributed by atoms with Crippen LogP contribution in [0.25, 0.3) is 0 Å². The largest absolute Gasteiger partial charge is 0.317 e. The van der Waals surface area contributed by atoms with Gasteiger partial charge in [-0.05, 0) is 63.9 Å². The summed E-state index contributed by atoms with van der Waals surface area (Å²) in [7, 11) is -4.37.